The van der Waals surface area contributed by atoms with E-state index < -0.39 is 5.97 Å². The van der Waals surface area contributed by atoms with Crippen molar-refractivity contribution < 1.29 is 14.4 Å². The fourth-order valence-electron chi connectivity index (χ4n) is 4.60. The van der Waals surface area contributed by atoms with Crippen molar-refractivity contribution in [1.82, 2.24) is 20.2 Å². The Hall–Kier alpha value is -2.38. The summed E-state index contributed by atoms with van der Waals surface area (Å²) in [5.74, 6) is 0.425. The third kappa shape index (κ3) is 6.33. The molecule has 1 aliphatic carbocycles. The highest BCUT2D eigenvalue weighted by Gasteiger charge is 2.20. The number of nitrogens with zero attached hydrogens (tertiary/aromatic N) is 3. The lowest BCUT2D eigenvalue weighted by Gasteiger charge is -2.26. The molecule has 0 radical (unpaired) electrons. The molecule has 0 unspecified atom stereocenters. The van der Waals surface area contributed by atoms with Gasteiger partial charge in [0.25, 0.3) is 0 Å². The van der Waals surface area contributed by atoms with Crippen LogP contribution in [0.25, 0.3) is 5.69 Å². The Morgan fingerprint density at radius 2 is 1.78 bits per heavy atom. The van der Waals surface area contributed by atoms with Crippen LogP contribution < -0.4 is 10.2 Å². The van der Waals surface area contributed by atoms with Crippen molar-refractivity contribution in [2.24, 2.45) is 0 Å². The number of hydrogen-bond donors (Lipinski definition) is 1. The summed E-state index contributed by atoms with van der Waals surface area (Å²) in [6.07, 6.45) is 10.8. The van der Waals surface area contributed by atoms with Crippen LogP contribution in [0.3, 0.4) is 0 Å². The Bertz CT molecular complexity index is 853. The predicted molar refractivity (Wildman–Crippen MR) is 124 cm³/mol. The van der Waals surface area contributed by atoms with Gasteiger partial charge in [0.2, 0.25) is 0 Å². The molecular weight excluding hydrogens is 404 g/mol. The summed E-state index contributed by atoms with van der Waals surface area (Å²) >= 11 is 0. The van der Waals surface area contributed by atoms with E-state index in [0.717, 1.165) is 42.9 Å². The Kier molecular flexibility index (Phi) is 8.18. The predicted octanol–water partition coefficient (Wildman–Crippen LogP) is 4.43. The molecule has 0 spiro atoms. The second-order valence-corrected chi connectivity index (χ2v) is 9.02. The van der Waals surface area contributed by atoms with Crippen molar-refractivity contribution in [2.45, 2.75) is 70.8 Å². The molecule has 1 aliphatic heterocycles. The highest BCUT2D eigenvalue weighted by atomic mass is 16.7. The van der Waals surface area contributed by atoms with Crippen LogP contribution in [0.5, 0.6) is 5.75 Å². The van der Waals surface area contributed by atoms with E-state index in [1.54, 1.807) is 10.7 Å². The topological polar surface area (TPSA) is 68.6 Å². The Morgan fingerprint density at radius 1 is 1.06 bits per heavy atom. The molecule has 0 atom stereocenters. The second-order valence-electron chi connectivity index (χ2n) is 9.02. The number of piperidine rings is 1. The van der Waals surface area contributed by atoms with Crippen molar-refractivity contribution >= 4 is 5.97 Å². The van der Waals surface area contributed by atoms with E-state index in [-0.39, 0.29) is 6.04 Å². The molecule has 4 rings (SSSR count). The van der Waals surface area contributed by atoms with Crippen molar-refractivity contribution in [1.29, 1.82) is 0 Å². The molecule has 1 saturated heterocycles. The zero-order valence-electron chi connectivity index (χ0n) is 19.2. The van der Waals surface area contributed by atoms with E-state index in [4.69, 9.17) is 9.57 Å². The number of benzene rings is 1. The van der Waals surface area contributed by atoms with Gasteiger partial charge in [0.1, 0.15) is 5.75 Å². The van der Waals surface area contributed by atoms with Crippen LogP contribution in [0.4, 0.5) is 0 Å². The molecule has 7 heteroatoms. The monoisotopic (exact) mass is 440 g/mol. The van der Waals surface area contributed by atoms with E-state index in [0.29, 0.717) is 12.3 Å². The second kappa shape index (κ2) is 11.5. The summed E-state index contributed by atoms with van der Waals surface area (Å²) in [5, 5.41) is 4.50. The van der Waals surface area contributed by atoms with Crippen LogP contribution in [0, 0.1) is 6.92 Å². The van der Waals surface area contributed by atoms with Gasteiger partial charge in [-0.2, -0.15) is 5.10 Å². The Labute approximate surface area is 191 Å². The first kappa shape index (κ1) is 22.8. The number of rotatable bonds is 9. The minimum Gasteiger partial charge on any atom is -0.494 e. The van der Waals surface area contributed by atoms with Crippen molar-refractivity contribution in [3.63, 3.8) is 0 Å². The van der Waals surface area contributed by atoms with Crippen molar-refractivity contribution in [2.75, 3.05) is 26.2 Å². The standard InChI is InChI=1S/C25H36N4O3/c1-20-19-24(25(30)32-27-21-9-4-2-5-10-21)29(26-20)22-11-13-23(14-12-22)31-18-8-17-28-15-6-3-7-16-28/h11-14,19,21,27H,2-10,15-18H2,1H3. The first-order valence-electron chi connectivity index (χ1n) is 12.2. The lowest BCUT2D eigenvalue weighted by atomic mass is 9.96. The quantitative estimate of drug-likeness (QED) is 0.460. The molecule has 1 aromatic heterocycles. The number of likely N-dealkylation sites (tertiary alicyclic amines) is 1. The van der Waals surface area contributed by atoms with Crippen LogP contribution in [0.15, 0.2) is 30.3 Å². The molecule has 1 saturated carbocycles. The average molecular weight is 441 g/mol. The van der Waals surface area contributed by atoms with Gasteiger partial charge in [-0.1, -0.05) is 25.7 Å². The van der Waals surface area contributed by atoms with Crippen LogP contribution in [0.2, 0.25) is 0 Å². The third-order valence-corrected chi connectivity index (χ3v) is 6.38. The largest absolute Gasteiger partial charge is 0.494 e. The van der Waals surface area contributed by atoms with Crippen molar-refractivity contribution in [3.8, 4) is 11.4 Å². The van der Waals surface area contributed by atoms with Crippen LogP contribution in [0.1, 0.15) is 74.0 Å². The lowest BCUT2D eigenvalue weighted by Crippen LogP contribution is -2.33. The SMILES string of the molecule is Cc1cc(C(=O)ONC2CCCCC2)n(-c2ccc(OCCCN3CCCCC3)cc2)n1. The normalized spacial score (nSPS) is 17.9. The van der Waals surface area contributed by atoms with Gasteiger partial charge in [-0.05, 0) is 82.4 Å². The number of hydrogen-bond acceptors (Lipinski definition) is 6. The summed E-state index contributed by atoms with van der Waals surface area (Å²) in [6.45, 7) is 6.13. The molecule has 1 aromatic carbocycles. The Balaban J connectivity index is 1.29. The third-order valence-electron chi connectivity index (χ3n) is 6.38. The summed E-state index contributed by atoms with van der Waals surface area (Å²) in [5.41, 5.74) is 4.95. The van der Waals surface area contributed by atoms with Crippen molar-refractivity contribution in [3.05, 3.63) is 41.7 Å². The average Bonchev–Trinajstić information content (AvgIpc) is 3.24. The first-order chi connectivity index (χ1) is 15.7. The molecular formula is C25H36N4O3. The number of ether oxygens (including phenoxy) is 1. The van der Waals surface area contributed by atoms with Gasteiger partial charge in [-0.25, -0.2) is 9.48 Å². The molecule has 1 N–H and O–H groups in total. The zero-order valence-corrected chi connectivity index (χ0v) is 19.2. The number of aromatic nitrogens is 2. The summed E-state index contributed by atoms with van der Waals surface area (Å²) in [7, 11) is 0. The fraction of sp³-hybridized carbons (Fsp3) is 0.600. The van der Waals surface area contributed by atoms with E-state index in [1.807, 2.05) is 31.2 Å². The maximum absolute atomic E-state index is 12.7. The number of carbonyl (C=O) groups is 1. The minimum absolute atomic E-state index is 0.247. The van der Waals surface area contributed by atoms with Gasteiger partial charge < -0.3 is 14.5 Å². The molecule has 32 heavy (non-hydrogen) atoms. The van der Waals surface area contributed by atoms with Crippen LogP contribution >= 0.6 is 0 Å². The maximum Gasteiger partial charge on any atom is 0.375 e. The molecule has 0 amide bonds. The van der Waals surface area contributed by atoms with E-state index >= 15 is 0 Å². The molecule has 0 bridgehead atoms. The van der Waals surface area contributed by atoms with Gasteiger partial charge in [-0.3, -0.25) is 0 Å². The molecule has 7 nitrogen and oxygen atoms in total. The molecule has 174 valence electrons. The summed E-state index contributed by atoms with van der Waals surface area (Å²) in [6, 6.07) is 9.73. The number of nitrogens with one attached hydrogen (secondary N) is 1. The van der Waals surface area contributed by atoms with Gasteiger partial charge in [0.05, 0.1) is 18.0 Å². The molecule has 2 heterocycles. The number of hydroxylamine groups is 1. The molecule has 2 aromatic rings. The lowest BCUT2D eigenvalue weighted by molar-refractivity contribution is 0.0103. The molecule has 2 aliphatic rings. The highest BCUT2D eigenvalue weighted by Crippen LogP contribution is 2.20. The van der Waals surface area contributed by atoms with Crippen LogP contribution in [-0.4, -0.2) is 52.9 Å². The van der Waals surface area contributed by atoms with Gasteiger partial charge in [-0.15, -0.1) is 5.48 Å². The molecule has 2 fully saturated rings. The zero-order chi connectivity index (χ0) is 22.2. The van der Waals surface area contributed by atoms with E-state index in [1.165, 1.54) is 51.6 Å². The smallest absolute Gasteiger partial charge is 0.375 e. The van der Waals surface area contributed by atoms with Crippen LogP contribution in [-0.2, 0) is 4.84 Å². The first-order valence-corrected chi connectivity index (χ1v) is 12.2. The van der Waals surface area contributed by atoms with Gasteiger partial charge in [0.15, 0.2) is 5.69 Å². The van der Waals surface area contributed by atoms with E-state index in [2.05, 4.69) is 15.5 Å². The summed E-state index contributed by atoms with van der Waals surface area (Å²) < 4.78 is 7.56. The van der Waals surface area contributed by atoms with Gasteiger partial charge in [0, 0.05) is 12.6 Å². The highest BCUT2D eigenvalue weighted by molar-refractivity contribution is 5.88. The summed E-state index contributed by atoms with van der Waals surface area (Å²) in [4.78, 5) is 20.6. The fourth-order valence-corrected chi connectivity index (χ4v) is 4.60. The minimum atomic E-state index is -0.408. The van der Waals surface area contributed by atoms with E-state index in [9.17, 15) is 4.79 Å². The van der Waals surface area contributed by atoms with Gasteiger partial charge >= 0.3 is 5.97 Å². The maximum atomic E-state index is 12.7. The number of aryl methyl sites for hydroxylation is 1. The number of carbonyl (C=O) groups excluding carboxylic acids is 1. The Morgan fingerprint density at radius 3 is 2.53 bits per heavy atom.